The minimum Gasteiger partial charge on any atom is -0.506 e. The Hall–Kier alpha value is -1.85. The second-order valence-electron chi connectivity index (χ2n) is 5.90. The summed E-state index contributed by atoms with van der Waals surface area (Å²) in [6.45, 7) is 5.47. The highest BCUT2D eigenvalue weighted by Gasteiger charge is 2.18. The highest BCUT2D eigenvalue weighted by Crippen LogP contribution is 2.23. The number of phenolic OH excluding ortho intramolecular Hbond substituents is 1. The molecule has 0 fully saturated rings. The standard InChI is InChI=1S/C16H16ClNO3S/c1-16(2,3)13(20)8-14-18-15(21)12(22-14)7-9-4-5-11(19)10(17)6-9/h4-8,19H,1-3H3,(H,18,21)/b12-7-,14-8-. The van der Waals surface area contributed by atoms with Crippen LogP contribution in [0.1, 0.15) is 26.3 Å². The van der Waals surface area contributed by atoms with Crippen molar-refractivity contribution >= 4 is 40.9 Å². The molecule has 0 aliphatic carbocycles. The van der Waals surface area contributed by atoms with Crippen LogP contribution in [0.3, 0.4) is 0 Å². The van der Waals surface area contributed by atoms with Crippen LogP contribution in [0.5, 0.6) is 5.75 Å². The van der Waals surface area contributed by atoms with E-state index < -0.39 is 5.41 Å². The molecule has 22 heavy (non-hydrogen) atoms. The third kappa shape index (κ3) is 3.87. The number of aromatic hydroxyl groups is 1. The van der Waals surface area contributed by atoms with E-state index in [0.717, 1.165) is 0 Å². The van der Waals surface area contributed by atoms with Gasteiger partial charge in [-0.25, -0.2) is 0 Å². The van der Waals surface area contributed by atoms with Crippen molar-refractivity contribution in [2.75, 3.05) is 0 Å². The highest BCUT2D eigenvalue weighted by molar-refractivity contribution is 7.07. The Morgan fingerprint density at radius 3 is 2.64 bits per heavy atom. The number of H-pyrrole nitrogens is 1. The summed E-state index contributed by atoms with van der Waals surface area (Å²) < 4.78 is 0.982. The van der Waals surface area contributed by atoms with Crippen LogP contribution in [-0.4, -0.2) is 15.9 Å². The number of carbonyl (C=O) groups excluding carboxylic acids is 1. The highest BCUT2D eigenvalue weighted by atomic mass is 35.5. The molecule has 0 aliphatic heterocycles. The van der Waals surface area contributed by atoms with E-state index in [4.69, 9.17) is 11.6 Å². The molecule has 6 heteroatoms. The van der Waals surface area contributed by atoms with Crippen molar-refractivity contribution in [3.63, 3.8) is 0 Å². The Balaban J connectivity index is 2.48. The number of phenols is 1. The summed E-state index contributed by atoms with van der Waals surface area (Å²) in [4.78, 5) is 26.6. The maximum Gasteiger partial charge on any atom is 0.266 e. The summed E-state index contributed by atoms with van der Waals surface area (Å²) >= 11 is 7.04. The molecule has 1 aromatic carbocycles. The molecule has 1 aromatic heterocycles. The van der Waals surface area contributed by atoms with Crippen LogP contribution in [0.15, 0.2) is 23.0 Å². The lowest BCUT2D eigenvalue weighted by atomic mass is 9.91. The number of carbonyl (C=O) groups is 1. The van der Waals surface area contributed by atoms with Gasteiger partial charge < -0.3 is 10.1 Å². The van der Waals surface area contributed by atoms with E-state index in [1.54, 1.807) is 18.2 Å². The maximum absolute atomic E-state index is 12.0. The number of rotatable bonds is 2. The Kier molecular flexibility index (Phi) is 4.58. The molecule has 0 atom stereocenters. The first-order chi connectivity index (χ1) is 10.2. The molecule has 0 radical (unpaired) electrons. The van der Waals surface area contributed by atoms with Crippen molar-refractivity contribution < 1.29 is 9.90 Å². The fourth-order valence-electron chi connectivity index (χ4n) is 1.62. The molecule has 0 saturated heterocycles. The molecule has 0 saturated carbocycles. The van der Waals surface area contributed by atoms with Crippen molar-refractivity contribution in [3.8, 4) is 5.75 Å². The first-order valence-corrected chi connectivity index (χ1v) is 7.82. The van der Waals surface area contributed by atoms with Gasteiger partial charge in [0.15, 0.2) is 5.78 Å². The number of halogens is 1. The van der Waals surface area contributed by atoms with E-state index in [2.05, 4.69) is 4.98 Å². The quantitative estimate of drug-likeness (QED) is 0.880. The average molecular weight is 338 g/mol. The Morgan fingerprint density at radius 2 is 2.05 bits per heavy atom. The number of Topliss-reactive ketones (excluding diaryl/α,β-unsaturated/α-hetero) is 1. The average Bonchev–Trinajstić information content (AvgIpc) is 2.73. The van der Waals surface area contributed by atoms with Gasteiger partial charge in [0.05, 0.1) is 14.2 Å². The number of ketones is 1. The molecular formula is C16H16ClNO3S. The van der Waals surface area contributed by atoms with E-state index in [-0.39, 0.29) is 22.1 Å². The number of aromatic amines is 1. The lowest BCUT2D eigenvalue weighted by Gasteiger charge is -2.12. The van der Waals surface area contributed by atoms with Crippen LogP contribution >= 0.6 is 22.9 Å². The van der Waals surface area contributed by atoms with Crippen LogP contribution in [0, 0.1) is 5.41 Å². The minimum atomic E-state index is -0.491. The van der Waals surface area contributed by atoms with Crippen LogP contribution in [0.25, 0.3) is 12.2 Å². The predicted molar refractivity (Wildman–Crippen MR) is 89.8 cm³/mol. The zero-order valence-corrected chi connectivity index (χ0v) is 14.0. The number of benzene rings is 1. The number of hydrogen-bond donors (Lipinski definition) is 2. The normalized spacial score (nSPS) is 13.6. The SMILES string of the molecule is CC(C)(C)C(=O)/C=c1/[nH]c(=O)/c(=C/c2ccc(O)c(Cl)c2)s1. The van der Waals surface area contributed by atoms with Gasteiger partial charge >= 0.3 is 0 Å². The molecule has 116 valence electrons. The number of aromatic nitrogens is 1. The first kappa shape index (κ1) is 16.5. The summed E-state index contributed by atoms with van der Waals surface area (Å²) in [5.74, 6) is -0.0621. The summed E-state index contributed by atoms with van der Waals surface area (Å²) in [7, 11) is 0. The zero-order valence-electron chi connectivity index (χ0n) is 12.4. The van der Waals surface area contributed by atoms with Gasteiger partial charge in [-0.05, 0) is 23.8 Å². The second-order valence-corrected chi connectivity index (χ2v) is 7.39. The molecule has 0 aliphatic rings. The van der Waals surface area contributed by atoms with E-state index in [9.17, 15) is 14.7 Å². The van der Waals surface area contributed by atoms with Gasteiger partial charge in [0.2, 0.25) is 0 Å². The lowest BCUT2D eigenvalue weighted by molar-refractivity contribution is -0.119. The third-order valence-corrected chi connectivity index (χ3v) is 4.22. The number of thiazole rings is 1. The lowest BCUT2D eigenvalue weighted by Crippen LogP contribution is -2.22. The van der Waals surface area contributed by atoms with Crippen LogP contribution < -0.4 is 14.8 Å². The molecule has 0 bridgehead atoms. The van der Waals surface area contributed by atoms with Gasteiger partial charge in [0.1, 0.15) is 5.75 Å². The van der Waals surface area contributed by atoms with Gasteiger partial charge in [-0.3, -0.25) is 9.59 Å². The van der Waals surface area contributed by atoms with Crippen molar-refractivity contribution in [1.82, 2.24) is 4.98 Å². The van der Waals surface area contributed by atoms with E-state index in [0.29, 0.717) is 14.8 Å². The summed E-state index contributed by atoms with van der Waals surface area (Å²) in [6.07, 6.45) is 3.11. The molecule has 1 heterocycles. The van der Waals surface area contributed by atoms with Crippen LogP contribution in [-0.2, 0) is 4.79 Å². The summed E-state index contributed by atoms with van der Waals surface area (Å²) in [6, 6.07) is 4.69. The van der Waals surface area contributed by atoms with Gasteiger partial charge in [0.25, 0.3) is 5.56 Å². The van der Waals surface area contributed by atoms with Gasteiger partial charge in [-0.1, -0.05) is 38.4 Å². The van der Waals surface area contributed by atoms with Crippen LogP contribution in [0.2, 0.25) is 5.02 Å². The molecule has 0 spiro atoms. The zero-order chi connectivity index (χ0) is 16.5. The fraction of sp³-hybridized carbons (Fsp3) is 0.250. The van der Waals surface area contributed by atoms with Crippen LogP contribution in [0.4, 0.5) is 0 Å². The van der Waals surface area contributed by atoms with Crippen molar-refractivity contribution in [2.45, 2.75) is 20.8 Å². The second kappa shape index (κ2) is 6.10. The van der Waals surface area contributed by atoms with Crippen molar-refractivity contribution in [3.05, 3.63) is 48.3 Å². The minimum absolute atomic E-state index is 0.0105. The predicted octanol–water partition coefficient (Wildman–Crippen LogP) is 2.02. The first-order valence-electron chi connectivity index (χ1n) is 6.62. The molecule has 4 nitrogen and oxygen atoms in total. The molecule has 2 aromatic rings. The van der Waals surface area contributed by atoms with Crippen molar-refractivity contribution in [1.29, 1.82) is 0 Å². The molecule has 0 unspecified atom stereocenters. The number of hydrogen-bond acceptors (Lipinski definition) is 4. The van der Waals surface area contributed by atoms with Gasteiger partial charge in [0, 0.05) is 11.5 Å². The smallest absolute Gasteiger partial charge is 0.266 e. The third-order valence-electron chi connectivity index (χ3n) is 2.95. The number of nitrogens with one attached hydrogen (secondary N) is 1. The van der Waals surface area contributed by atoms with Gasteiger partial charge in [-0.15, -0.1) is 11.3 Å². The fourth-order valence-corrected chi connectivity index (χ4v) is 2.70. The van der Waals surface area contributed by atoms with E-state index in [1.807, 2.05) is 20.8 Å². The summed E-state index contributed by atoms with van der Waals surface area (Å²) in [5.41, 5.74) is -0.0547. The van der Waals surface area contributed by atoms with Crippen molar-refractivity contribution in [2.24, 2.45) is 5.41 Å². The van der Waals surface area contributed by atoms with Gasteiger partial charge in [-0.2, -0.15) is 0 Å². The Labute approximate surface area is 136 Å². The molecule has 2 N–H and O–H groups in total. The molecule has 0 amide bonds. The topological polar surface area (TPSA) is 70.2 Å². The summed E-state index contributed by atoms with van der Waals surface area (Å²) in [5, 5.41) is 9.61. The van der Waals surface area contributed by atoms with E-state index >= 15 is 0 Å². The Morgan fingerprint density at radius 1 is 1.36 bits per heavy atom. The monoisotopic (exact) mass is 337 g/mol. The van der Waals surface area contributed by atoms with E-state index in [1.165, 1.54) is 23.5 Å². The largest absolute Gasteiger partial charge is 0.506 e. The molecular weight excluding hydrogens is 322 g/mol. The maximum atomic E-state index is 12.0. The molecule has 2 rings (SSSR count). The Bertz CT molecular complexity index is 887.